The molecule has 0 saturated carbocycles. The number of alkyl halides is 2. The monoisotopic (exact) mass is 524 g/mol. The van der Waals surface area contributed by atoms with Crippen LogP contribution in [0, 0.1) is 24.1 Å². The van der Waals surface area contributed by atoms with Gasteiger partial charge in [-0.15, -0.1) is 0 Å². The highest BCUT2D eigenvalue weighted by Gasteiger charge is 2.19. The molecular formula is C28H23F3N2O5. The second kappa shape index (κ2) is 12.1. The fraction of sp³-hybridized carbons (Fsp3) is 0.179. The molecule has 1 aromatic heterocycles. The zero-order valence-corrected chi connectivity index (χ0v) is 20.3. The van der Waals surface area contributed by atoms with Crippen LogP contribution in [-0.4, -0.2) is 29.2 Å². The molecule has 0 amide bonds. The fourth-order valence-electron chi connectivity index (χ4n) is 3.76. The van der Waals surface area contributed by atoms with Crippen molar-refractivity contribution in [1.82, 2.24) is 0 Å². The average molecular weight is 524 g/mol. The molecule has 10 heteroatoms. The molecule has 4 rings (SSSR count). The first kappa shape index (κ1) is 28.0. The van der Waals surface area contributed by atoms with Crippen LogP contribution >= 0.6 is 0 Å². The van der Waals surface area contributed by atoms with Crippen LogP contribution in [0.15, 0.2) is 69.9 Å². The van der Waals surface area contributed by atoms with E-state index in [-0.39, 0.29) is 22.3 Å². The molecule has 0 bridgehead atoms. The van der Waals surface area contributed by atoms with E-state index in [4.69, 9.17) is 14.8 Å². The van der Waals surface area contributed by atoms with Gasteiger partial charge in [0.15, 0.2) is 5.43 Å². The van der Waals surface area contributed by atoms with Gasteiger partial charge in [0.25, 0.3) is 6.43 Å². The summed E-state index contributed by atoms with van der Waals surface area (Å²) in [5.41, 5.74) is 2.29. The maximum atomic E-state index is 14.2. The summed E-state index contributed by atoms with van der Waals surface area (Å²) in [5.74, 6) is -1.60. The molecule has 0 spiro atoms. The number of aromatic carboxylic acids is 1. The first-order chi connectivity index (χ1) is 18.0. The number of benzene rings is 3. The maximum absolute atomic E-state index is 14.2. The number of aliphatic hydroxyl groups is 1. The number of para-hydroxylation sites is 1. The molecule has 0 aliphatic heterocycles. The fourth-order valence-corrected chi connectivity index (χ4v) is 3.76. The lowest BCUT2D eigenvalue weighted by molar-refractivity contribution is 0.0695. The molecule has 1 atom stereocenters. The third-order valence-electron chi connectivity index (χ3n) is 5.51. The van der Waals surface area contributed by atoms with E-state index < -0.39 is 30.9 Å². The number of hydrogen-bond donors (Lipinski definition) is 3. The standard InChI is InChI=1S/C26H19FN2O4.C2H4F2O/c1-14-9-19(15(2)29-22-6-4-3-5-18(22)26(31)32)25-20(10-14)23(30)12-24(33-25)16-7-8-17(13-28)21(27)11-16;3-2(4)1-5/h3-12,15,29H,1-2H3,(H,31,32);2,5H,1H2. The number of carboxylic acid groups (broad SMARTS) is 1. The molecule has 0 fully saturated rings. The van der Waals surface area contributed by atoms with Crippen LogP contribution < -0.4 is 10.7 Å². The molecule has 0 aliphatic rings. The summed E-state index contributed by atoms with van der Waals surface area (Å²) in [5, 5.41) is 29.4. The van der Waals surface area contributed by atoms with Crippen molar-refractivity contribution in [2.75, 3.05) is 11.9 Å². The number of fused-ring (bicyclic) bond motifs is 1. The lowest BCUT2D eigenvalue weighted by Gasteiger charge is -2.19. The van der Waals surface area contributed by atoms with E-state index in [9.17, 15) is 27.9 Å². The Morgan fingerprint density at radius 2 is 1.82 bits per heavy atom. The van der Waals surface area contributed by atoms with E-state index in [2.05, 4.69) is 5.32 Å². The van der Waals surface area contributed by atoms with Gasteiger partial charge in [0, 0.05) is 22.9 Å². The van der Waals surface area contributed by atoms with Crippen molar-refractivity contribution in [2.45, 2.75) is 26.3 Å². The predicted molar refractivity (Wildman–Crippen MR) is 136 cm³/mol. The summed E-state index contributed by atoms with van der Waals surface area (Å²) >= 11 is 0. The summed E-state index contributed by atoms with van der Waals surface area (Å²) in [6.07, 6.45) is -2.56. The molecule has 3 aromatic carbocycles. The summed E-state index contributed by atoms with van der Waals surface area (Å²) < 4.78 is 41.3. The SMILES string of the molecule is Cc1cc(C(C)Nc2ccccc2C(=O)O)c2oc(-c3ccc(C#N)c(F)c3)cc(=O)c2c1.OCC(F)F. The second-order valence-corrected chi connectivity index (χ2v) is 8.30. The molecule has 7 nitrogen and oxygen atoms in total. The van der Waals surface area contributed by atoms with Crippen molar-refractivity contribution >= 4 is 22.6 Å². The lowest BCUT2D eigenvalue weighted by atomic mass is 10.00. The van der Waals surface area contributed by atoms with Gasteiger partial charge in [-0.05, 0) is 55.8 Å². The van der Waals surface area contributed by atoms with Gasteiger partial charge in [-0.1, -0.05) is 18.2 Å². The Bertz CT molecular complexity index is 1580. The van der Waals surface area contributed by atoms with Gasteiger partial charge in [-0.3, -0.25) is 4.79 Å². The second-order valence-electron chi connectivity index (χ2n) is 8.30. The van der Waals surface area contributed by atoms with E-state index in [1.807, 2.05) is 19.9 Å². The van der Waals surface area contributed by atoms with Crippen LogP contribution in [0.5, 0.6) is 0 Å². The largest absolute Gasteiger partial charge is 0.478 e. The van der Waals surface area contributed by atoms with Crippen molar-refractivity contribution in [1.29, 1.82) is 5.26 Å². The lowest BCUT2D eigenvalue weighted by Crippen LogP contribution is -2.12. The van der Waals surface area contributed by atoms with Crippen molar-refractivity contribution in [3.8, 4) is 17.4 Å². The Hall–Kier alpha value is -4.62. The quantitative estimate of drug-likeness (QED) is 0.287. The van der Waals surface area contributed by atoms with Crippen molar-refractivity contribution < 1.29 is 32.6 Å². The Morgan fingerprint density at radius 3 is 2.42 bits per heavy atom. The molecule has 4 aromatic rings. The molecule has 0 saturated heterocycles. The van der Waals surface area contributed by atoms with E-state index in [0.717, 1.165) is 11.6 Å². The number of carbonyl (C=O) groups is 1. The molecule has 38 heavy (non-hydrogen) atoms. The predicted octanol–water partition coefficient (Wildman–Crippen LogP) is 5.89. The third-order valence-corrected chi connectivity index (χ3v) is 5.51. The molecular weight excluding hydrogens is 501 g/mol. The van der Waals surface area contributed by atoms with Crippen molar-refractivity contribution in [2.24, 2.45) is 0 Å². The number of anilines is 1. The molecule has 0 radical (unpaired) electrons. The Morgan fingerprint density at radius 1 is 1.13 bits per heavy atom. The number of aryl methyl sites for hydroxylation is 1. The number of aliphatic hydroxyl groups excluding tert-OH is 1. The minimum Gasteiger partial charge on any atom is -0.478 e. The normalized spacial score (nSPS) is 11.4. The van der Waals surface area contributed by atoms with E-state index >= 15 is 0 Å². The van der Waals surface area contributed by atoms with Gasteiger partial charge in [-0.2, -0.15) is 5.26 Å². The highest BCUT2D eigenvalue weighted by Crippen LogP contribution is 2.31. The van der Waals surface area contributed by atoms with Gasteiger partial charge in [0.1, 0.15) is 29.8 Å². The number of nitrogens with one attached hydrogen (secondary N) is 1. The van der Waals surface area contributed by atoms with Crippen molar-refractivity contribution in [3.63, 3.8) is 0 Å². The number of halogens is 3. The third kappa shape index (κ3) is 6.38. The van der Waals surface area contributed by atoms with E-state index in [1.54, 1.807) is 30.3 Å². The van der Waals surface area contributed by atoms with Crippen LogP contribution in [0.25, 0.3) is 22.3 Å². The molecule has 1 unspecified atom stereocenters. The maximum Gasteiger partial charge on any atom is 0.337 e. The molecule has 0 aliphatic carbocycles. The van der Waals surface area contributed by atoms with Crippen LogP contribution in [0.2, 0.25) is 0 Å². The summed E-state index contributed by atoms with van der Waals surface area (Å²) in [6.45, 7) is 2.66. The number of nitrogens with zero attached hydrogens (tertiary/aromatic N) is 1. The average Bonchev–Trinajstić information content (AvgIpc) is 2.89. The van der Waals surface area contributed by atoms with E-state index in [1.165, 1.54) is 24.3 Å². The molecule has 1 heterocycles. The zero-order valence-electron chi connectivity index (χ0n) is 20.3. The van der Waals surface area contributed by atoms with Crippen molar-refractivity contribution in [3.05, 3.63) is 99.0 Å². The van der Waals surface area contributed by atoms with Crippen LogP contribution in [-0.2, 0) is 0 Å². The number of carboxylic acids is 1. The summed E-state index contributed by atoms with van der Waals surface area (Å²) in [4.78, 5) is 24.5. The Balaban J connectivity index is 0.000000732. The first-order valence-corrected chi connectivity index (χ1v) is 11.3. The number of hydrogen-bond acceptors (Lipinski definition) is 6. The van der Waals surface area contributed by atoms with Gasteiger partial charge in [0.05, 0.1) is 22.6 Å². The smallest absolute Gasteiger partial charge is 0.337 e. The molecule has 196 valence electrons. The van der Waals surface area contributed by atoms with Crippen LogP contribution in [0.3, 0.4) is 0 Å². The summed E-state index contributed by atoms with van der Waals surface area (Å²) in [6, 6.07) is 16.8. The van der Waals surface area contributed by atoms with Crippen LogP contribution in [0.1, 0.15) is 40.0 Å². The van der Waals surface area contributed by atoms with Gasteiger partial charge in [0.2, 0.25) is 0 Å². The minimum absolute atomic E-state index is 0.104. The van der Waals surface area contributed by atoms with Gasteiger partial charge in [-0.25, -0.2) is 18.0 Å². The highest BCUT2D eigenvalue weighted by atomic mass is 19.3. The minimum atomic E-state index is -2.56. The molecule has 3 N–H and O–H groups in total. The van der Waals surface area contributed by atoms with Gasteiger partial charge >= 0.3 is 5.97 Å². The first-order valence-electron chi connectivity index (χ1n) is 11.3. The van der Waals surface area contributed by atoms with Gasteiger partial charge < -0.3 is 19.9 Å². The number of rotatable bonds is 6. The topological polar surface area (TPSA) is 124 Å². The Kier molecular flexibility index (Phi) is 8.89. The Labute approximate surface area is 215 Å². The highest BCUT2D eigenvalue weighted by molar-refractivity contribution is 5.94. The summed E-state index contributed by atoms with van der Waals surface area (Å²) in [7, 11) is 0. The van der Waals surface area contributed by atoms with Crippen LogP contribution in [0.4, 0.5) is 18.9 Å². The van der Waals surface area contributed by atoms with E-state index in [0.29, 0.717) is 27.8 Å². The number of nitriles is 1. The zero-order chi connectivity index (χ0) is 28.0.